The quantitative estimate of drug-likeness (QED) is 0.603. The van der Waals surface area contributed by atoms with E-state index < -0.39 is 0 Å². The van der Waals surface area contributed by atoms with Gasteiger partial charge in [-0.1, -0.05) is 23.7 Å². The van der Waals surface area contributed by atoms with Crippen LogP contribution in [-0.4, -0.2) is 5.78 Å². The largest absolute Gasteiger partial charge is 0.289 e. The molecule has 3 rings (SSSR count). The molecule has 0 saturated carbocycles. The third-order valence-electron chi connectivity index (χ3n) is 2.91. The van der Waals surface area contributed by atoms with Crippen molar-refractivity contribution in [1.29, 1.82) is 5.26 Å². The first kappa shape index (κ1) is 10.1. The molecule has 0 heterocycles. The number of fused-ring (bicyclic) bond motifs is 3. The summed E-state index contributed by atoms with van der Waals surface area (Å²) in [4.78, 5) is 12.1. The second kappa shape index (κ2) is 3.44. The van der Waals surface area contributed by atoms with Crippen LogP contribution in [0.4, 0.5) is 0 Å². The maximum Gasteiger partial charge on any atom is 0.194 e. The number of halogens is 1. The van der Waals surface area contributed by atoms with Crippen LogP contribution in [0.3, 0.4) is 0 Å². The maximum absolute atomic E-state index is 12.1. The molecule has 0 unspecified atom stereocenters. The Kier molecular flexibility index (Phi) is 2.04. The average Bonchev–Trinajstić information content (AvgIpc) is 2.62. The van der Waals surface area contributed by atoms with E-state index in [4.69, 9.17) is 16.9 Å². The Hall–Kier alpha value is -2.11. The second-order valence-electron chi connectivity index (χ2n) is 3.89. The van der Waals surface area contributed by atoms with E-state index in [0.717, 1.165) is 11.1 Å². The fourth-order valence-electron chi connectivity index (χ4n) is 2.12. The van der Waals surface area contributed by atoms with E-state index in [-0.39, 0.29) is 5.78 Å². The summed E-state index contributed by atoms with van der Waals surface area (Å²) < 4.78 is 0. The van der Waals surface area contributed by atoms with Gasteiger partial charge < -0.3 is 0 Å². The van der Waals surface area contributed by atoms with Crippen molar-refractivity contribution in [3.63, 3.8) is 0 Å². The number of hydrogen-bond donors (Lipinski definition) is 0. The van der Waals surface area contributed by atoms with Crippen molar-refractivity contribution in [2.75, 3.05) is 0 Å². The third-order valence-corrected chi connectivity index (χ3v) is 3.14. The predicted molar refractivity (Wildman–Crippen MR) is 65.0 cm³/mol. The number of carbonyl (C=O) groups is 1. The minimum absolute atomic E-state index is 0.0606. The highest BCUT2D eigenvalue weighted by molar-refractivity contribution is 6.32. The molecule has 1 aliphatic rings. The van der Waals surface area contributed by atoms with Crippen molar-refractivity contribution in [3.05, 3.63) is 58.1 Å². The lowest BCUT2D eigenvalue weighted by Crippen LogP contribution is -1.95. The zero-order chi connectivity index (χ0) is 12.0. The summed E-state index contributed by atoms with van der Waals surface area (Å²) in [6.07, 6.45) is 0. The van der Waals surface area contributed by atoms with E-state index in [9.17, 15) is 4.79 Å². The van der Waals surface area contributed by atoms with Gasteiger partial charge in [0.1, 0.15) is 0 Å². The van der Waals surface area contributed by atoms with Crippen molar-refractivity contribution in [1.82, 2.24) is 0 Å². The minimum Gasteiger partial charge on any atom is -0.289 e. The molecule has 80 valence electrons. The molecule has 0 saturated heterocycles. The Bertz CT molecular complexity index is 698. The van der Waals surface area contributed by atoms with E-state index in [1.165, 1.54) is 0 Å². The van der Waals surface area contributed by atoms with Crippen LogP contribution >= 0.6 is 11.6 Å². The van der Waals surface area contributed by atoms with Gasteiger partial charge in [-0.15, -0.1) is 0 Å². The van der Waals surface area contributed by atoms with Gasteiger partial charge in [0.15, 0.2) is 5.78 Å². The lowest BCUT2D eigenvalue weighted by molar-refractivity contribution is 0.104. The van der Waals surface area contributed by atoms with Gasteiger partial charge >= 0.3 is 0 Å². The number of carbonyl (C=O) groups excluding carboxylic acids is 1. The molecular weight excluding hydrogens is 234 g/mol. The standard InChI is InChI=1S/C14H6ClNO/c15-9-2-4-11-10-3-1-8(7-16)5-12(10)14(17)13(11)6-9/h1-6H. The topological polar surface area (TPSA) is 40.9 Å². The molecule has 0 fully saturated rings. The molecule has 0 aliphatic heterocycles. The van der Waals surface area contributed by atoms with Crippen LogP contribution < -0.4 is 0 Å². The van der Waals surface area contributed by atoms with Gasteiger partial charge in [-0.25, -0.2) is 0 Å². The van der Waals surface area contributed by atoms with Gasteiger partial charge in [-0.3, -0.25) is 4.79 Å². The van der Waals surface area contributed by atoms with Gasteiger partial charge in [0.25, 0.3) is 0 Å². The van der Waals surface area contributed by atoms with Crippen LogP contribution in [0.25, 0.3) is 11.1 Å². The molecule has 0 amide bonds. The van der Waals surface area contributed by atoms with Crippen molar-refractivity contribution < 1.29 is 4.79 Å². The van der Waals surface area contributed by atoms with Crippen LogP contribution in [0.5, 0.6) is 0 Å². The molecule has 1 aliphatic carbocycles. The van der Waals surface area contributed by atoms with Crippen LogP contribution in [0.2, 0.25) is 5.02 Å². The average molecular weight is 240 g/mol. The number of ketones is 1. The van der Waals surface area contributed by atoms with Crippen molar-refractivity contribution in [2.45, 2.75) is 0 Å². The summed E-state index contributed by atoms with van der Waals surface area (Å²) >= 11 is 5.89. The van der Waals surface area contributed by atoms with E-state index in [2.05, 4.69) is 0 Å². The highest BCUT2D eigenvalue weighted by Gasteiger charge is 2.26. The van der Waals surface area contributed by atoms with E-state index >= 15 is 0 Å². The molecule has 2 aromatic carbocycles. The maximum atomic E-state index is 12.1. The van der Waals surface area contributed by atoms with Crippen LogP contribution in [0, 0.1) is 11.3 Å². The highest BCUT2D eigenvalue weighted by atomic mass is 35.5. The number of nitrogens with zero attached hydrogens (tertiary/aromatic N) is 1. The Balaban J connectivity index is 2.31. The molecule has 0 bridgehead atoms. The monoisotopic (exact) mass is 239 g/mol. The molecule has 17 heavy (non-hydrogen) atoms. The molecule has 0 spiro atoms. The van der Waals surface area contributed by atoms with Gasteiger partial charge in [0.05, 0.1) is 11.6 Å². The molecule has 0 atom stereocenters. The first-order chi connectivity index (χ1) is 8.20. The van der Waals surface area contributed by atoms with Crippen molar-refractivity contribution in [3.8, 4) is 17.2 Å². The second-order valence-corrected chi connectivity index (χ2v) is 4.33. The Labute approximate surface area is 103 Å². The van der Waals surface area contributed by atoms with Gasteiger partial charge in [-0.05, 0) is 35.4 Å². The van der Waals surface area contributed by atoms with Crippen LogP contribution in [0.15, 0.2) is 36.4 Å². The highest BCUT2D eigenvalue weighted by Crippen LogP contribution is 2.37. The lowest BCUT2D eigenvalue weighted by Gasteiger charge is -1.99. The number of nitriles is 1. The molecule has 0 aromatic heterocycles. The Morgan fingerprint density at radius 1 is 0.941 bits per heavy atom. The fraction of sp³-hybridized carbons (Fsp3) is 0. The number of benzene rings is 2. The molecular formula is C14H6ClNO. The molecule has 0 N–H and O–H groups in total. The van der Waals surface area contributed by atoms with Crippen molar-refractivity contribution >= 4 is 17.4 Å². The van der Waals surface area contributed by atoms with Crippen LogP contribution in [0.1, 0.15) is 21.5 Å². The van der Waals surface area contributed by atoms with E-state index in [1.54, 1.807) is 24.3 Å². The van der Waals surface area contributed by atoms with E-state index in [1.807, 2.05) is 18.2 Å². The summed E-state index contributed by atoms with van der Waals surface area (Å²) in [7, 11) is 0. The summed E-state index contributed by atoms with van der Waals surface area (Å²) in [6, 6.07) is 12.5. The fourth-order valence-corrected chi connectivity index (χ4v) is 2.29. The summed E-state index contributed by atoms with van der Waals surface area (Å²) in [5.74, 6) is -0.0606. The normalized spacial score (nSPS) is 11.9. The van der Waals surface area contributed by atoms with Gasteiger partial charge in [-0.2, -0.15) is 5.26 Å². The van der Waals surface area contributed by atoms with Gasteiger partial charge in [0, 0.05) is 16.1 Å². The van der Waals surface area contributed by atoms with Crippen molar-refractivity contribution in [2.24, 2.45) is 0 Å². The first-order valence-electron chi connectivity index (χ1n) is 5.09. The number of rotatable bonds is 0. The number of hydrogen-bond acceptors (Lipinski definition) is 2. The summed E-state index contributed by atoms with van der Waals surface area (Å²) in [5, 5.41) is 9.38. The zero-order valence-electron chi connectivity index (χ0n) is 8.70. The predicted octanol–water partition coefficient (Wildman–Crippen LogP) is 3.42. The molecule has 0 radical (unpaired) electrons. The Morgan fingerprint density at radius 3 is 2.29 bits per heavy atom. The zero-order valence-corrected chi connectivity index (χ0v) is 9.45. The summed E-state index contributed by atoms with van der Waals surface area (Å²) in [6.45, 7) is 0. The van der Waals surface area contributed by atoms with E-state index in [0.29, 0.717) is 21.7 Å². The third kappa shape index (κ3) is 1.37. The first-order valence-corrected chi connectivity index (χ1v) is 5.47. The Morgan fingerprint density at radius 2 is 1.59 bits per heavy atom. The SMILES string of the molecule is N#Cc1ccc2c(c1)C(=O)c1cc(Cl)ccc1-2. The lowest BCUT2D eigenvalue weighted by atomic mass is 10.0. The smallest absolute Gasteiger partial charge is 0.194 e. The summed E-state index contributed by atoms with van der Waals surface area (Å²) in [5.41, 5.74) is 3.46. The minimum atomic E-state index is -0.0606. The van der Waals surface area contributed by atoms with Gasteiger partial charge in [0.2, 0.25) is 0 Å². The molecule has 2 nitrogen and oxygen atoms in total. The molecule has 3 heteroatoms. The molecule has 2 aromatic rings. The van der Waals surface area contributed by atoms with Crippen LogP contribution in [-0.2, 0) is 0 Å².